The third kappa shape index (κ3) is 3.46. The van der Waals surface area contributed by atoms with Crippen LogP contribution in [-0.4, -0.2) is 28.4 Å². The smallest absolute Gasteiger partial charge is 0.382 e. The van der Waals surface area contributed by atoms with E-state index in [0.29, 0.717) is 17.8 Å². The van der Waals surface area contributed by atoms with E-state index in [1.54, 1.807) is 6.08 Å². The van der Waals surface area contributed by atoms with E-state index in [1.807, 2.05) is 36.4 Å². The minimum atomic E-state index is -4.31. The highest BCUT2D eigenvalue weighted by atomic mass is 19.4. The molecule has 1 aromatic heterocycles. The first-order valence-corrected chi connectivity index (χ1v) is 8.88. The summed E-state index contributed by atoms with van der Waals surface area (Å²) in [6, 6.07) is 8.57. The maximum absolute atomic E-state index is 13.7. The number of hydrogen-bond donors (Lipinski definition) is 1. The molecule has 4 atom stereocenters. The van der Waals surface area contributed by atoms with Crippen LogP contribution in [0.25, 0.3) is 11.3 Å². The summed E-state index contributed by atoms with van der Waals surface area (Å²) in [6.45, 7) is 0. The van der Waals surface area contributed by atoms with Crippen LogP contribution in [0.5, 0.6) is 0 Å². The lowest BCUT2D eigenvalue weighted by atomic mass is 9.69. The molecule has 1 aliphatic carbocycles. The van der Waals surface area contributed by atoms with Crippen LogP contribution in [0, 0.1) is 11.8 Å². The Balaban J connectivity index is 1.75. The van der Waals surface area contributed by atoms with Crippen LogP contribution in [0.15, 0.2) is 53.7 Å². The first-order chi connectivity index (χ1) is 12.9. The minimum Gasteiger partial charge on any atom is -0.382 e. The zero-order valence-electron chi connectivity index (χ0n) is 14.5. The first-order valence-electron chi connectivity index (χ1n) is 8.88. The van der Waals surface area contributed by atoms with Gasteiger partial charge in [0.25, 0.3) is 0 Å². The molecule has 1 saturated carbocycles. The van der Waals surface area contributed by atoms with Crippen molar-refractivity contribution in [2.75, 3.05) is 5.73 Å². The highest BCUT2D eigenvalue weighted by Crippen LogP contribution is 2.49. The Morgan fingerprint density at radius 3 is 2.59 bits per heavy atom. The van der Waals surface area contributed by atoms with Crippen molar-refractivity contribution >= 4 is 12.0 Å². The van der Waals surface area contributed by atoms with E-state index in [4.69, 9.17) is 5.73 Å². The van der Waals surface area contributed by atoms with Crippen molar-refractivity contribution in [3.8, 4) is 11.3 Å². The van der Waals surface area contributed by atoms with Crippen molar-refractivity contribution in [1.82, 2.24) is 9.97 Å². The van der Waals surface area contributed by atoms with Gasteiger partial charge in [-0.25, -0.2) is 4.98 Å². The normalized spacial score (nSPS) is 27.4. The van der Waals surface area contributed by atoms with Crippen LogP contribution in [0.1, 0.15) is 24.5 Å². The average Bonchev–Trinajstić information content (AvgIpc) is 2.67. The standard InChI is InChI=1S/C20H19F3N4/c21-20(22,23)15-10-14(9-13-7-4-8-25-17(13)15)18-19(27-16(24)11-26-18)12-5-2-1-3-6-12/h1-8,11,13-15,17H,9-10H2,(H2,24,27). The Labute approximate surface area is 155 Å². The Morgan fingerprint density at radius 2 is 1.85 bits per heavy atom. The number of nitrogens with zero attached hydrogens (tertiary/aromatic N) is 3. The number of nitrogens with two attached hydrogens (primary N) is 1. The van der Waals surface area contributed by atoms with Crippen molar-refractivity contribution in [3.05, 3.63) is 54.4 Å². The van der Waals surface area contributed by atoms with Gasteiger partial charge in [0.2, 0.25) is 0 Å². The summed E-state index contributed by atoms with van der Waals surface area (Å²) in [5.41, 5.74) is 7.75. The summed E-state index contributed by atoms with van der Waals surface area (Å²) in [6.07, 6.45) is 2.65. The summed E-state index contributed by atoms with van der Waals surface area (Å²) in [5, 5.41) is 0. The fourth-order valence-corrected chi connectivity index (χ4v) is 4.13. The number of fused-ring (bicyclic) bond motifs is 1. The molecule has 4 rings (SSSR count). The van der Waals surface area contributed by atoms with E-state index in [1.165, 1.54) is 12.4 Å². The molecule has 2 aromatic rings. The fraction of sp³-hybridized carbons (Fsp3) is 0.350. The summed E-state index contributed by atoms with van der Waals surface area (Å²) in [7, 11) is 0. The van der Waals surface area contributed by atoms with Gasteiger partial charge in [-0.15, -0.1) is 0 Å². The van der Waals surface area contributed by atoms with Gasteiger partial charge in [-0.2, -0.15) is 13.2 Å². The number of allylic oxidation sites excluding steroid dienone is 1. The molecule has 7 heteroatoms. The molecule has 1 aromatic carbocycles. The molecule has 0 spiro atoms. The van der Waals surface area contributed by atoms with Crippen LogP contribution in [0.3, 0.4) is 0 Å². The number of aliphatic imine (C=N–C) groups is 1. The molecular formula is C20H19F3N4. The van der Waals surface area contributed by atoms with Gasteiger partial charge in [-0.3, -0.25) is 9.98 Å². The summed E-state index contributed by atoms with van der Waals surface area (Å²) in [5.74, 6) is -1.87. The topological polar surface area (TPSA) is 64.2 Å². The van der Waals surface area contributed by atoms with E-state index >= 15 is 0 Å². The number of halogens is 3. The zero-order valence-corrected chi connectivity index (χ0v) is 14.5. The lowest BCUT2D eigenvalue weighted by Crippen LogP contribution is -2.43. The van der Waals surface area contributed by atoms with Gasteiger partial charge in [-0.1, -0.05) is 36.4 Å². The minimum absolute atomic E-state index is 0.0473. The van der Waals surface area contributed by atoms with Gasteiger partial charge in [-0.05, 0) is 18.9 Å². The lowest BCUT2D eigenvalue weighted by Gasteiger charge is -2.40. The predicted octanol–water partition coefficient (Wildman–Crippen LogP) is 4.41. The number of alkyl halides is 3. The van der Waals surface area contributed by atoms with E-state index in [9.17, 15) is 13.2 Å². The first kappa shape index (κ1) is 17.7. The van der Waals surface area contributed by atoms with Gasteiger partial charge < -0.3 is 5.73 Å². The van der Waals surface area contributed by atoms with E-state index < -0.39 is 18.1 Å². The van der Waals surface area contributed by atoms with Gasteiger partial charge >= 0.3 is 6.18 Å². The number of rotatable bonds is 2. The number of aromatic nitrogens is 2. The Kier molecular flexibility index (Phi) is 4.45. The average molecular weight is 372 g/mol. The molecule has 2 N–H and O–H groups in total. The maximum atomic E-state index is 13.7. The monoisotopic (exact) mass is 372 g/mol. The van der Waals surface area contributed by atoms with Crippen LogP contribution in [0.2, 0.25) is 0 Å². The lowest BCUT2D eigenvalue weighted by molar-refractivity contribution is -0.190. The Morgan fingerprint density at radius 1 is 1.07 bits per heavy atom. The Bertz CT molecular complexity index is 877. The van der Waals surface area contributed by atoms with Crippen molar-refractivity contribution in [2.45, 2.75) is 31.0 Å². The molecule has 1 aliphatic heterocycles. The number of dihydropyridines is 1. The molecule has 0 amide bonds. The van der Waals surface area contributed by atoms with Gasteiger partial charge in [0.05, 0.1) is 29.5 Å². The molecule has 27 heavy (non-hydrogen) atoms. The predicted molar refractivity (Wildman–Crippen MR) is 98.3 cm³/mol. The van der Waals surface area contributed by atoms with Crippen LogP contribution in [0.4, 0.5) is 19.0 Å². The van der Waals surface area contributed by atoms with Crippen molar-refractivity contribution in [3.63, 3.8) is 0 Å². The van der Waals surface area contributed by atoms with E-state index in [2.05, 4.69) is 15.0 Å². The van der Waals surface area contributed by atoms with Gasteiger partial charge in [0, 0.05) is 23.6 Å². The third-order valence-corrected chi connectivity index (χ3v) is 5.32. The van der Waals surface area contributed by atoms with Gasteiger partial charge in [0.1, 0.15) is 5.82 Å². The second-order valence-electron chi connectivity index (χ2n) is 7.05. The number of benzene rings is 1. The number of nitrogen functional groups attached to an aromatic ring is 1. The van der Waals surface area contributed by atoms with Crippen LogP contribution >= 0.6 is 0 Å². The third-order valence-electron chi connectivity index (χ3n) is 5.32. The molecular weight excluding hydrogens is 353 g/mol. The van der Waals surface area contributed by atoms with Crippen LogP contribution in [-0.2, 0) is 0 Å². The molecule has 0 saturated heterocycles. The SMILES string of the molecule is Nc1cnc(C2CC3C=CC=NC3C(C(F)(F)F)C2)c(-c2ccccc2)n1. The number of hydrogen-bond acceptors (Lipinski definition) is 4. The molecule has 4 unspecified atom stereocenters. The quantitative estimate of drug-likeness (QED) is 0.849. The van der Waals surface area contributed by atoms with E-state index in [-0.39, 0.29) is 24.1 Å². The molecule has 2 aliphatic rings. The molecule has 0 bridgehead atoms. The molecule has 0 radical (unpaired) electrons. The summed E-state index contributed by atoms with van der Waals surface area (Å²) in [4.78, 5) is 12.9. The maximum Gasteiger partial charge on any atom is 0.393 e. The largest absolute Gasteiger partial charge is 0.393 e. The molecule has 1 fully saturated rings. The van der Waals surface area contributed by atoms with Crippen molar-refractivity contribution < 1.29 is 13.2 Å². The van der Waals surface area contributed by atoms with Crippen molar-refractivity contribution in [2.24, 2.45) is 16.8 Å². The van der Waals surface area contributed by atoms with E-state index in [0.717, 1.165) is 5.56 Å². The zero-order chi connectivity index (χ0) is 19.0. The highest BCUT2D eigenvalue weighted by molar-refractivity contribution is 5.72. The number of anilines is 1. The Hall–Kier alpha value is -2.70. The van der Waals surface area contributed by atoms with Gasteiger partial charge in [0.15, 0.2) is 0 Å². The second-order valence-corrected chi connectivity index (χ2v) is 7.05. The molecule has 140 valence electrons. The van der Waals surface area contributed by atoms with Crippen LogP contribution < -0.4 is 5.73 Å². The fourth-order valence-electron chi connectivity index (χ4n) is 4.13. The molecule has 4 nitrogen and oxygen atoms in total. The second kappa shape index (κ2) is 6.79. The molecule has 2 heterocycles. The summed E-state index contributed by atoms with van der Waals surface area (Å²) >= 11 is 0. The highest BCUT2D eigenvalue weighted by Gasteiger charge is 2.51. The summed E-state index contributed by atoms with van der Waals surface area (Å²) < 4.78 is 41.2. The van der Waals surface area contributed by atoms with Crippen molar-refractivity contribution in [1.29, 1.82) is 0 Å².